The van der Waals surface area contributed by atoms with Crippen molar-refractivity contribution in [2.24, 2.45) is 0 Å². The maximum Gasteiger partial charge on any atom is 0.0351 e. The average molecular weight is 218 g/mol. The van der Waals surface area contributed by atoms with E-state index < -0.39 is 0 Å². The van der Waals surface area contributed by atoms with Gasteiger partial charge in [0.05, 0.1) is 0 Å². The molecule has 1 aromatic rings. The monoisotopic (exact) mass is 218 g/mol. The van der Waals surface area contributed by atoms with Crippen LogP contribution in [-0.4, -0.2) is 18.0 Å². The van der Waals surface area contributed by atoms with Crippen LogP contribution in [0.4, 0.5) is 5.69 Å². The molecule has 0 saturated carbocycles. The van der Waals surface area contributed by atoms with Gasteiger partial charge in [-0.1, -0.05) is 26.0 Å². The quantitative estimate of drug-likeness (QED) is 0.790. The summed E-state index contributed by atoms with van der Waals surface area (Å²) in [5.74, 6) is 0. The van der Waals surface area contributed by atoms with E-state index in [2.05, 4.69) is 30.9 Å². The van der Waals surface area contributed by atoms with Crippen LogP contribution < -0.4 is 5.73 Å². The first-order valence-corrected chi connectivity index (χ1v) is 6.39. The molecule has 2 heteroatoms. The SMILES string of the molecule is CCN(CC)C1CCCc2c(N)cccc21. The second-order valence-electron chi connectivity index (χ2n) is 4.54. The van der Waals surface area contributed by atoms with Crippen molar-refractivity contribution in [2.75, 3.05) is 18.8 Å². The molecule has 0 bridgehead atoms. The zero-order valence-electron chi connectivity index (χ0n) is 10.4. The first-order chi connectivity index (χ1) is 7.77. The molecular weight excluding hydrogens is 196 g/mol. The van der Waals surface area contributed by atoms with Gasteiger partial charge in [0.1, 0.15) is 0 Å². The summed E-state index contributed by atoms with van der Waals surface area (Å²) < 4.78 is 0. The molecule has 0 spiro atoms. The largest absolute Gasteiger partial charge is 0.398 e. The van der Waals surface area contributed by atoms with Crippen LogP contribution in [0.25, 0.3) is 0 Å². The summed E-state index contributed by atoms with van der Waals surface area (Å²) in [5, 5.41) is 0. The van der Waals surface area contributed by atoms with E-state index in [-0.39, 0.29) is 0 Å². The maximum absolute atomic E-state index is 6.07. The molecule has 16 heavy (non-hydrogen) atoms. The minimum atomic E-state index is 0.585. The van der Waals surface area contributed by atoms with Crippen LogP contribution in [0.1, 0.15) is 43.9 Å². The lowest BCUT2D eigenvalue weighted by atomic mass is 9.86. The summed E-state index contributed by atoms with van der Waals surface area (Å²) in [7, 11) is 0. The summed E-state index contributed by atoms with van der Waals surface area (Å²) in [6.45, 7) is 6.72. The molecule has 0 radical (unpaired) electrons. The van der Waals surface area contributed by atoms with Gasteiger partial charge in [-0.05, 0) is 49.5 Å². The third kappa shape index (κ3) is 1.94. The van der Waals surface area contributed by atoms with Gasteiger partial charge in [-0.15, -0.1) is 0 Å². The Morgan fingerprint density at radius 1 is 1.31 bits per heavy atom. The van der Waals surface area contributed by atoms with Gasteiger partial charge in [-0.2, -0.15) is 0 Å². The van der Waals surface area contributed by atoms with E-state index >= 15 is 0 Å². The molecule has 1 aliphatic rings. The zero-order valence-corrected chi connectivity index (χ0v) is 10.4. The van der Waals surface area contributed by atoms with Crippen molar-refractivity contribution >= 4 is 5.69 Å². The van der Waals surface area contributed by atoms with Gasteiger partial charge in [0, 0.05) is 11.7 Å². The number of hydrogen-bond acceptors (Lipinski definition) is 2. The summed E-state index contributed by atoms with van der Waals surface area (Å²) in [5.41, 5.74) is 9.91. The molecule has 2 N–H and O–H groups in total. The lowest BCUT2D eigenvalue weighted by Crippen LogP contribution is -2.31. The van der Waals surface area contributed by atoms with Crippen molar-refractivity contribution in [1.29, 1.82) is 0 Å². The highest BCUT2D eigenvalue weighted by molar-refractivity contribution is 5.52. The van der Waals surface area contributed by atoms with Crippen molar-refractivity contribution in [3.05, 3.63) is 29.3 Å². The average Bonchev–Trinajstić information content (AvgIpc) is 2.32. The lowest BCUT2D eigenvalue weighted by molar-refractivity contribution is 0.198. The van der Waals surface area contributed by atoms with E-state index in [9.17, 15) is 0 Å². The van der Waals surface area contributed by atoms with Gasteiger partial charge in [0.25, 0.3) is 0 Å². The predicted octanol–water partition coefficient (Wildman–Crippen LogP) is 2.99. The molecule has 2 rings (SSSR count). The molecule has 0 saturated heterocycles. The Hall–Kier alpha value is -1.02. The van der Waals surface area contributed by atoms with E-state index in [4.69, 9.17) is 5.73 Å². The molecule has 2 nitrogen and oxygen atoms in total. The Morgan fingerprint density at radius 2 is 2.06 bits per heavy atom. The van der Waals surface area contributed by atoms with E-state index in [1.165, 1.54) is 24.0 Å². The standard InChI is InChI=1S/C14H22N2/c1-3-16(4-2)14-10-6-7-11-12(14)8-5-9-13(11)15/h5,8-9,14H,3-4,6-7,10,15H2,1-2H3. The Labute approximate surface area is 98.4 Å². The summed E-state index contributed by atoms with van der Waals surface area (Å²) in [6.07, 6.45) is 3.69. The molecular formula is C14H22N2. The maximum atomic E-state index is 6.07. The number of nitrogen functional groups attached to an aromatic ring is 1. The van der Waals surface area contributed by atoms with Crippen LogP contribution >= 0.6 is 0 Å². The molecule has 1 aromatic carbocycles. The molecule has 1 aliphatic carbocycles. The molecule has 0 aromatic heterocycles. The van der Waals surface area contributed by atoms with Gasteiger partial charge in [-0.3, -0.25) is 4.90 Å². The highest BCUT2D eigenvalue weighted by atomic mass is 15.1. The van der Waals surface area contributed by atoms with Crippen LogP contribution in [0.15, 0.2) is 18.2 Å². The number of rotatable bonds is 3. The van der Waals surface area contributed by atoms with Crippen molar-refractivity contribution in [2.45, 2.75) is 39.2 Å². The van der Waals surface area contributed by atoms with Crippen molar-refractivity contribution in [3.8, 4) is 0 Å². The van der Waals surface area contributed by atoms with Crippen LogP contribution in [-0.2, 0) is 6.42 Å². The molecule has 0 heterocycles. The smallest absolute Gasteiger partial charge is 0.0351 e. The summed E-state index contributed by atoms with van der Waals surface area (Å²) in [6, 6.07) is 6.97. The van der Waals surface area contributed by atoms with Gasteiger partial charge in [-0.25, -0.2) is 0 Å². The number of benzene rings is 1. The van der Waals surface area contributed by atoms with E-state index in [1.54, 1.807) is 0 Å². The van der Waals surface area contributed by atoms with Gasteiger partial charge in [0.15, 0.2) is 0 Å². The van der Waals surface area contributed by atoms with E-state index in [0.29, 0.717) is 6.04 Å². The van der Waals surface area contributed by atoms with Gasteiger partial charge < -0.3 is 5.73 Å². The summed E-state index contributed by atoms with van der Waals surface area (Å²) >= 11 is 0. The van der Waals surface area contributed by atoms with E-state index in [0.717, 1.165) is 25.2 Å². The third-order valence-corrected chi connectivity index (χ3v) is 3.76. The number of hydrogen-bond donors (Lipinski definition) is 1. The molecule has 0 amide bonds. The van der Waals surface area contributed by atoms with Crippen molar-refractivity contribution < 1.29 is 0 Å². The Morgan fingerprint density at radius 3 is 2.75 bits per heavy atom. The van der Waals surface area contributed by atoms with Crippen LogP contribution in [0.3, 0.4) is 0 Å². The fraction of sp³-hybridized carbons (Fsp3) is 0.571. The number of fused-ring (bicyclic) bond motifs is 1. The first-order valence-electron chi connectivity index (χ1n) is 6.39. The second kappa shape index (κ2) is 4.88. The normalized spacial score (nSPS) is 19.8. The second-order valence-corrected chi connectivity index (χ2v) is 4.54. The zero-order chi connectivity index (χ0) is 11.5. The molecule has 1 unspecified atom stereocenters. The van der Waals surface area contributed by atoms with Gasteiger partial charge in [0.2, 0.25) is 0 Å². The summed E-state index contributed by atoms with van der Waals surface area (Å²) in [4.78, 5) is 2.54. The molecule has 0 fully saturated rings. The van der Waals surface area contributed by atoms with Gasteiger partial charge >= 0.3 is 0 Å². The fourth-order valence-corrected chi connectivity index (χ4v) is 2.90. The fourth-order valence-electron chi connectivity index (χ4n) is 2.90. The number of nitrogens with two attached hydrogens (primary N) is 1. The van der Waals surface area contributed by atoms with Crippen molar-refractivity contribution in [1.82, 2.24) is 4.90 Å². The minimum absolute atomic E-state index is 0.585. The molecule has 0 aliphatic heterocycles. The molecule has 88 valence electrons. The van der Waals surface area contributed by atoms with Crippen LogP contribution in [0.2, 0.25) is 0 Å². The number of anilines is 1. The highest BCUT2D eigenvalue weighted by Crippen LogP contribution is 2.36. The highest BCUT2D eigenvalue weighted by Gasteiger charge is 2.24. The Kier molecular flexibility index (Phi) is 3.49. The Balaban J connectivity index is 2.36. The predicted molar refractivity (Wildman–Crippen MR) is 69.5 cm³/mol. The Bertz CT molecular complexity index is 356. The van der Waals surface area contributed by atoms with Crippen LogP contribution in [0, 0.1) is 0 Å². The first kappa shape index (κ1) is 11.5. The van der Waals surface area contributed by atoms with Crippen LogP contribution in [0.5, 0.6) is 0 Å². The number of nitrogens with zero attached hydrogens (tertiary/aromatic N) is 1. The lowest BCUT2D eigenvalue weighted by Gasteiger charge is -2.35. The third-order valence-electron chi connectivity index (χ3n) is 3.76. The molecule has 1 atom stereocenters. The van der Waals surface area contributed by atoms with Crippen molar-refractivity contribution in [3.63, 3.8) is 0 Å². The van der Waals surface area contributed by atoms with E-state index in [1.807, 2.05) is 6.07 Å². The minimum Gasteiger partial charge on any atom is -0.398 e. The topological polar surface area (TPSA) is 29.3 Å².